The van der Waals surface area contributed by atoms with E-state index in [1.807, 2.05) is 65.3 Å². The molecule has 0 amide bonds. The zero-order chi connectivity index (χ0) is 26.6. The van der Waals surface area contributed by atoms with E-state index in [0.717, 1.165) is 33.2 Å². The molecule has 2 fully saturated rings. The predicted octanol–water partition coefficient (Wildman–Crippen LogP) is 4.84. The third-order valence-electron chi connectivity index (χ3n) is 8.05. The van der Waals surface area contributed by atoms with Gasteiger partial charge in [0.25, 0.3) is 0 Å². The van der Waals surface area contributed by atoms with Gasteiger partial charge >= 0.3 is 0 Å². The summed E-state index contributed by atoms with van der Waals surface area (Å²) in [5.74, 6) is 1.10. The highest BCUT2D eigenvalue weighted by Gasteiger charge is 2.33. The van der Waals surface area contributed by atoms with Crippen LogP contribution in [0.5, 0.6) is 5.75 Å². The van der Waals surface area contributed by atoms with Crippen molar-refractivity contribution < 1.29 is 13.5 Å². The molecule has 196 valence electrons. The number of aromatic hydroxyl groups is 1. The number of fused-ring (bicyclic) bond motifs is 2. The molecule has 2 saturated heterocycles. The predicted molar refractivity (Wildman–Crippen MR) is 157 cm³/mol. The van der Waals surface area contributed by atoms with Crippen LogP contribution in [-0.4, -0.2) is 53.3 Å². The molecule has 4 heterocycles. The average molecular weight is 536 g/mol. The lowest BCUT2D eigenvalue weighted by atomic mass is 9.64. The fourth-order valence-electron chi connectivity index (χ4n) is 5.72. The summed E-state index contributed by atoms with van der Waals surface area (Å²) in [6.07, 6.45) is 5.69. The molecule has 0 unspecified atom stereocenters. The van der Waals surface area contributed by atoms with Crippen molar-refractivity contribution in [3.8, 4) is 16.9 Å². The Balaban J connectivity index is 1.14. The van der Waals surface area contributed by atoms with Gasteiger partial charge < -0.3 is 10.4 Å². The molecule has 0 spiro atoms. The fourth-order valence-corrected chi connectivity index (χ4v) is 7.22. The topological polar surface area (TPSA) is 86.9 Å². The monoisotopic (exact) mass is 536 g/mol. The number of benzene rings is 3. The van der Waals surface area contributed by atoms with Crippen LogP contribution in [0.25, 0.3) is 27.4 Å². The Morgan fingerprint density at radius 2 is 1.64 bits per heavy atom. The molecule has 39 heavy (non-hydrogen) atoms. The summed E-state index contributed by atoms with van der Waals surface area (Å²) in [5, 5.41) is 20.9. The summed E-state index contributed by atoms with van der Waals surface area (Å²) < 4.78 is 30.4. The molecule has 2 aromatic heterocycles. The third-order valence-corrected chi connectivity index (χ3v) is 9.94. The van der Waals surface area contributed by atoms with E-state index in [2.05, 4.69) is 11.4 Å². The Morgan fingerprint density at radius 1 is 0.897 bits per heavy atom. The number of nitrogens with zero attached hydrogens (tertiary/aromatic N) is 3. The summed E-state index contributed by atoms with van der Waals surface area (Å²) in [6, 6.07) is 24.8. The van der Waals surface area contributed by atoms with Gasteiger partial charge in [0.1, 0.15) is 11.6 Å². The number of aromatic nitrogens is 2. The maximum Gasteiger partial charge on any atom is 0.243 e. The number of hydrogen-bond donors (Lipinski definition) is 2. The Bertz CT molecular complexity index is 1810. The van der Waals surface area contributed by atoms with Gasteiger partial charge in [-0.05, 0) is 65.0 Å². The van der Waals surface area contributed by atoms with Crippen LogP contribution >= 0.6 is 0 Å². The summed E-state index contributed by atoms with van der Waals surface area (Å²) in [4.78, 5) is 0.342. The highest BCUT2D eigenvalue weighted by molar-refractivity contribution is 7.89. The van der Waals surface area contributed by atoms with Crippen molar-refractivity contribution in [2.45, 2.75) is 36.4 Å². The van der Waals surface area contributed by atoms with Crippen molar-refractivity contribution in [3.63, 3.8) is 0 Å². The maximum atomic E-state index is 13.4. The lowest BCUT2D eigenvalue weighted by Gasteiger charge is -2.32. The standard InChI is InChI=1S/C30H29BN4O3S/c36-29-8-4-3-7-26(29)23-18-28-27(31-13-14-31)20-32-35(28)30(19-23)33-24-11-15-34(16-12-24)39(37,38)25-10-9-21-5-1-2-6-22(21)17-25/h1-10,17-20,24,33,36H,11-16H2. The number of rotatable bonds is 6. The van der Waals surface area contributed by atoms with Crippen LogP contribution in [-0.2, 0) is 10.0 Å². The second-order valence-electron chi connectivity index (χ2n) is 10.6. The highest BCUT2D eigenvalue weighted by Crippen LogP contribution is 2.33. The minimum absolute atomic E-state index is 0.101. The van der Waals surface area contributed by atoms with Crippen molar-refractivity contribution in [3.05, 3.63) is 85.1 Å². The van der Waals surface area contributed by atoms with E-state index < -0.39 is 10.0 Å². The van der Waals surface area contributed by atoms with E-state index in [1.54, 1.807) is 22.5 Å². The van der Waals surface area contributed by atoms with Crippen molar-refractivity contribution in [1.29, 1.82) is 0 Å². The molecule has 7 nitrogen and oxygen atoms in total. The average Bonchev–Trinajstić information content (AvgIpc) is 3.71. The number of piperidine rings is 1. The summed E-state index contributed by atoms with van der Waals surface area (Å²) in [6.45, 7) is 1.43. The van der Waals surface area contributed by atoms with Gasteiger partial charge in [-0.3, -0.25) is 0 Å². The lowest BCUT2D eigenvalue weighted by Crippen LogP contribution is -2.42. The molecule has 0 saturated carbocycles. The zero-order valence-corrected chi connectivity index (χ0v) is 22.3. The molecule has 0 bridgehead atoms. The smallest absolute Gasteiger partial charge is 0.243 e. The number of hydrogen-bond acceptors (Lipinski definition) is 5. The number of anilines is 1. The Morgan fingerprint density at radius 3 is 2.41 bits per heavy atom. The van der Waals surface area contributed by atoms with Gasteiger partial charge in [-0.2, -0.15) is 9.40 Å². The molecule has 2 aliphatic heterocycles. The molecule has 0 radical (unpaired) electrons. The van der Waals surface area contributed by atoms with Crippen LogP contribution in [0.4, 0.5) is 5.82 Å². The Labute approximate surface area is 228 Å². The van der Waals surface area contributed by atoms with Crippen LogP contribution in [0.3, 0.4) is 0 Å². The summed E-state index contributed by atoms with van der Waals surface area (Å²) in [5.41, 5.74) is 4.01. The number of phenols is 1. The first-order chi connectivity index (χ1) is 19.0. The Hall–Kier alpha value is -3.82. The van der Waals surface area contributed by atoms with E-state index in [9.17, 15) is 13.5 Å². The largest absolute Gasteiger partial charge is 0.507 e. The van der Waals surface area contributed by atoms with E-state index in [0.29, 0.717) is 37.5 Å². The third kappa shape index (κ3) is 4.45. The second-order valence-corrected chi connectivity index (χ2v) is 12.6. The number of sulfonamides is 1. The minimum Gasteiger partial charge on any atom is -0.507 e. The van der Waals surface area contributed by atoms with Crippen LogP contribution in [0.2, 0.25) is 12.6 Å². The van der Waals surface area contributed by atoms with Gasteiger partial charge in [0.05, 0.1) is 10.4 Å². The molecule has 2 aliphatic rings. The molecule has 7 rings (SSSR count). The van der Waals surface area contributed by atoms with Gasteiger partial charge in [0.2, 0.25) is 10.0 Å². The quantitative estimate of drug-likeness (QED) is 0.304. The molecule has 3 aromatic carbocycles. The van der Waals surface area contributed by atoms with Crippen LogP contribution in [0.15, 0.2) is 90.0 Å². The van der Waals surface area contributed by atoms with E-state index in [1.165, 1.54) is 18.1 Å². The Kier molecular flexibility index (Phi) is 5.86. The van der Waals surface area contributed by atoms with Gasteiger partial charge in [-0.1, -0.05) is 61.2 Å². The van der Waals surface area contributed by atoms with Crippen LogP contribution in [0.1, 0.15) is 12.8 Å². The summed E-state index contributed by atoms with van der Waals surface area (Å²) in [7, 11) is -3.57. The van der Waals surface area contributed by atoms with Crippen LogP contribution < -0.4 is 10.8 Å². The van der Waals surface area contributed by atoms with E-state index >= 15 is 0 Å². The highest BCUT2D eigenvalue weighted by atomic mass is 32.2. The first kappa shape index (κ1) is 24.2. The van der Waals surface area contributed by atoms with Gasteiger partial charge in [-0.15, -0.1) is 0 Å². The van der Waals surface area contributed by atoms with Crippen LogP contribution in [0, 0.1) is 0 Å². The summed E-state index contributed by atoms with van der Waals surface area (Å²) >= 11 is 0. The number of para-hydroxylation sites is 1. The van der Waals surface area contributed by atoms with E-state index in [-0.39, 0.29) is 11.8 Å². The van der Waals surface area contributed by atoms with Gasteiger partial charge in [-0.25, -0.2) is 12.9 Å². The van der Waals surface area contributed by atoms with Crippen molar-refractivity contribution >= 4 is 44.3 Å². The molecular formula is C30H29BN4O3S. The number of phenolic OH excluding ortho intramolecular Hbond substituents is 1. The van der Waals surface area contributed by atoms with Crippen molar-refractivity contribution in [2.24, 2.45) is 0 Å². The number of nitrogens with one attached hydrogen (secondary N) is 1. The number of pyridine rings is 1. The SMILES string of the molecule is O=S(=O)(c1ccc2ccccc2c1)N1CCC(Nc2cc(-c3ccccc3O)cc3c(B4CC4)cnn23)CC1. The lowest BCUT2D eigenvalue weighted by molar-refractivity contribution is 0.329. The first-order valence-corrected chi connectivity index (χ1v) is 15.0. The van der Waals surface area contributed by atoms with Gasteiger partial charge in [0.15, 0.2) is 6.71 Å². The minimum atomic E-state index is -3.57. The zero-order valence-electron chi connectivity index (χ0n) is 21.5. The molecule has 9 heteroatoms. The van der Waals surface area contributed by atoms with Crippen molar-refractivity contribution in [1.82, 2.24) is 13.9 Å². The fraction of sp³-hybridized carbons (Fsp3) is 0.233. The van der Waals surface area contributed by atoms with Gasteiger partial charge in [0, 0.05) is 30.9 Å². The van der Waals surface area contributed by atoms with E-state index in [4.69, 9.17) is 5.10 Å². The molecular weight excluding hydrogens is 507 g/mol. The van der Waals surface area contributed by atoms with Crippen molar-refractivity contribution in [2.75, 3.05) is 18.4 Å². The molecule has 0 aliphatic carbocycles. The molecule has 2 N–H and O–H groups in total. The normalized spacial score (nSPS) is 16.7. The second kappa shape index (κ2) is 9.43. The maximum absolute atomic E-state index is 13.4. The molecule has 0 atom stereocenters. The molecule has 5 aromatic rings. The first-order valence-electron chi connectivity index (χ1n) is 13.5.